The van der Waals surface area contributed by atoms with E-state index in [9.17, 15) is 25.1 Å². The Morgan fingerprint density at radius 1 is 0.793 bits per heavy atom. The Hall–Kier alpha value is -4.13. The molecule has 7 heteroatoms. The summed E-state index contributed by atoms with van der Waals surface area (Å²) in [6, 6.07) is 21.6. The van der Waals surface area contributed by atoms with Crippen molar-refractivity contribution in [3.8, 4) is 11.1 Å². The van der Waals surface area contributed by atoms with Crippen molar-refractivity contribution in [1.82, 2.24) is 0 Å². The van der Waals surface area contributed by atoms with Gasteiger partial charge in [-0.05, 0) is 23.3 Å². The van der Waals surface area contributed by atoms with E-state index in [4.69, 9.17) is 4.74 Å². The number of nitrogens with zero attached hydrogens (tertiary/aromatic N) is 1. The van der Waals surface area contributed by atoms with Crippen LogP contribution in [0.4, 0.5) is 5.69 Å². The van der Waals surface area contributed by atoms with E-state index in [1.54, 1.807) is 66.7 Å². The number of cyclic esters (lactones) is 1. The number of carbonyl (C=O) groups is 1. The van der Waals surface area contributed by atoms with E-state index in [0.29, 0.717) is 11.1 Å². The Morgan fingerprint density at radius 2 is 1.31 bits per heavy atom. The van der Waals surface area contributed by atoms with Crippen molar-refractivity contribution in [2.75, 3.05) is 0 Å². The molecule has 1 aliphatic heterocycles. The fourth-order valence-corrected chi connectivity index (χ4v) is 3.40. The molecule has 0 saturated heterocycles. The third-order valence-corrected chi connectivity index (χ3v) is 4.88. The number of ether oxygens (including phenoxy) is 1. The van der Waals surface area contributed by atoms with Gasteiger partial charge in [0.2, 0.25) is 11.4 Å². The van der Waals surface area contributed by atoms with Gasteiger partial charge in [-0.25, -0.2) is 4.79 Å². The van der Waals surface area contributed by atoms with Crippen molar-refractivity contribution < 1.29 is 24.7 Å². The third kappa shape index (κ3) is 2.89. The maximum atomic E-state index is 12.0. The molecule has 1 aliphatic rings. The van der Waals surface area contributed by atoms with Gasteiger partial charge in [-0.15, -0.1) is 0 Å². The Kier molecular flexibility index (Phi) is 4.27. The lowest BCUT2D eigenvalue weighted by molar-refractivity contribution is -0.384. The molecule has 7 nitrogen and oxygen atoms in total. The molecule has 1 heterocycles. The number of aliphatic hydroxyl groups excluding tert-OH is 2. The van der Waals surface area contributed by atoms with Gasteiger partial charge in [0.25, 0.3) is 5.69 Å². The monoisotopic (exact) mass is 389 g/mol. The van der Waals surface area contributed by atoms with Crippen LogP contribution in [0.25, 0.3) is 11.1 Å². The molecular weight excluding hydrogens is 374 g/mol. The molecule has 0 fully saturated rings. The third-order valence-electron chi connectivity index (χ3n) is 4.88. The molecule has 144 valence electrons. The van der Waals surface area contributed by atoms with Gasteiger partial charge in [-0.2, -0.15) is 0 Å². The molecule has 0 saturated carbocycles. The smallest absolute Gasteiger partial charge is 0.378 e. The molecule has 2 N–H and O–H groups in total. The van der Waals surface area contributed by atoms with E-state index < -0.39 is 28.0 Å². The number of non-ortho nitro benzene ring substituents is 1. The van der Waals surface area contributed by atoms with E-state index in [1.165, 1.54) is 12.1 Å². The lowest BCUT2D eigenvalue weighted by atomic mass is 9.84. The van der Waals surface area contributed by atoms with Crippen LogP contribution in [0.1, 0.15) is 11.1 Å². The summed E-state index contributed by atoms with van der Waals surface area (Å²) in [5, 5.41) is 31.3. The van der Waals surface area contributed by atoms with Gasteiger partial charge in [-0.3, -0.25) is 10.1 Å². The van der Waals surface area contributed by atoms with Crippen molar-refractivity contribution in [2.45, 2.75) is 5.60 Å². The second kappa shape index (κ2) is 6.79. The second-order valence-electron chi connectivity index (χ2n) is 6.52. The molecule has 1 atom stereocenters. The average molecular weight is 389 g/mol. The van der Waals surface area contributed by atoms with Crippen molar-refractivity contribution in [1.29, 1.82) is 0 Å². The van der Waals surface area contributed by atoms with Crippen molar-refractivity contribution in [3.05, 3.63) is 112 Å². The van der Waals surface area contributed by atoms with Crippen LogP contribution in [0, 0.1) is 10.1 Å². The van der Waals surface area contributed by atoms with Gasteiger partial charge in [0.15, 0.2) is 5.76 Å². The molecule has 0 radical (unpaired) electrons. The molecular formula is C22H15NO6. The summed E-state index contributed by atoms with van der Waals surface area (Å²) in [6.45, 7) is 0. The summed E-state index contributed by atoms with van der Waals surface area (Å²) >= 11 is 0. The fraction of sp³-hybridized carbons (Fsp3) is 0.0455. The van der Waals surface area contributed by atoms with Gasteiger partial charge in [0.1, 0.15) is 0 Å². The standard InChI is InChI=1S/C22H15NO6/c24-19-20(25)22(29-21(19)26,16-4-2-1-3-5-16)17-10-6-14(7-11-17)15-8-12-18(13-9-15)23(27)28/h1-13,24-25H. The van der Waals surface area contributed by atoms with E-state index in [0.717, 1.165) is 11.1 Å². The molecule has 1 unspecified atom stereocenters. The highest BCUT2D eigenvalue weighted by molar-refractivity contribution is 5.91. The SMILES string of the molecule is O=C1OC(c2ccccc2)(c2ccc(-c3ccc([N+](=O)[O-])cc3)cc2)C(O)=C1O. The molecule has 0 aliphatic carbocycles. The van der Waals surface area contributed by atoms with Crippen LogP contribution < -0.4 is 0 Å². The van der Waals surface area contributed by atoms with Gasteiger partial charge >= 0.3 is 5.97 Å². The van der Waals surface area contributed by atoms with Crippen molar-refractivity contribution in [2.24, 2.45) is 0 Å². The van der Waals surface area contributed by atoms with Gasteiger partial charge in [0, 0.05) is 23.3 Å². The molecule has 3 aromatic carbocycles. The zero-order chi connectivity index (χ0) is 20.6. The summed E-state index contributed by atoms with van der Waals surface area (Å²) in [5.74, 6) is -2.41. The Labute approximate surface area is 165 Å². The summed E-state index contributed by atoms with van der Waals surface area (Å²) in [7, 11) is 0. The summed E-state index contributed by atoms with van der Waals surface area (Å²) in [5.41, 5.74) is 0.834. The minimum absolute atomic E-state index is 0.00296. The van der Waals surface area contributed by atoms with E-state index >= 15 is 0 Å². The summed E-state index contributed by atoms with van der Waals surface area (Å²) in [4.78, 5) is 22.3. The lowest BCUT2D eigenvalue weighted by Crippen LogP contribution is -2.30. The predicted molar refractivity (Wildman–Crippen MR) is 104 cm³/mol. The predicted octanol–water partition coefficient (Wildman–Crippen LogP) is 4.39. The number of nitro benzene ring substituents is 1. The molecule has 3 aromatic rings. The van der Waals surface area contributed by atoms with Gasteiger partial charge in [-0.1, -0.05) is 54.6 Å². The van der Waals surface area contributed by atoms with E-state index in [2.05, 4.69) is 0 Å². The van der Waals surface area contributed by atoms with Crippen LogP contribution in [0.15, 0.2) is 90.4 Å². The number of hydrogen-bond donors (Lipinski definition) is 2. The first-order valence-electron chi connectivity index (χ1n) is 8.70. The highest BCUT2D eigenvalue weighted by atomic mass is 16.6. The number of aliphatic hydroxyl groups is 2. The number of carbonyl (C=O) groups excluding carboxylic acids is 1. The minimum Gasteiger partial charge on any atom is -0.504 e. The molecule has 0 amide bonds. The summed E-state index contributed by atoms with van der Waals surface area (Å²) < 4.78 is 5.45. The lowest BCUT2D eigenvalue weighted by Gasteiger charge is -2.29. The van der Waals surface area contributed by atoms with Crippen molar-refractivity contribution in [3.63, 3.8) is 0 Å². The first-order chi connectivity index (χ1) is 13.9. The first kappa shape index (κ1) is 18.2. The Balaban J connectivity index is 1.78. The number of benzene rings is 3. The highest BCUT2D eigenvalue weighted by Crippen LogP contribution is 2.45. The van der Waals surface area contributed by atoms with Crippen molar-refractivity contribution >= 4 is 11.7 Å². The molecule has 29 heavy (non-hydrogen) atoms. The normalized spacial score (nSPS) is 18.6. The average Bonchev–Trinajstić information content (AvgIpc) is 2.99. The summed E-state index contributed by atoms with van der Waals surface area (Å²) in [6.07, 6.45) is 0. The van der Waals surface area contributed by atoms with Gasteiger partial charge in [0.05, 0.1) is 4.92 Å². The Bertz CT molecular complexity index is 1120. The first-order valence-corrected chi connectivity index (χ1v) is 8.70. The maximum Gasteiger partial charge on any atom is 0.378 e. The number of nitro groups is 1. The van der Waals surface area contributed by atoms with Crippen LogP contribution in [0.2, 0.25) is 0 Å². The van der Waals surface area contributed by atoms with Crippen LogP contribution in [0.5, 0.6) is 0 Å². The zero-order valence-corrected chi connectivity index (χ0v) is 15.0. The molecule has 0 aromatic heterocycles. The second-order valence-corrected chi connectivity index (χ2v) is 6.52. The largest absolute Gasteiger partial charge is 0.504 e. The van der Waals surface area contributed by atoms with Gasteiger partial charge < -0.3 is 14.9 Å². The molecule has 0 spiro atoms. The minimum atomic E-state index is -1.64. The number of hydrogen-bond acceptors (Lipinski definition) is 6. The van der Waals surface area contributed by atoms with Crippen LogP contribution in [-0.2, 0) is 15.1 Å². The van der Waals surface area contributed by atoms with E-state index in [1.807, 2.05) is 0 Å². The van der Waals surface area contributed by atoms with Crippen LogP contribution in [0.3, 0.4) is 0 Å². The highest BCUT2D eigenvalue weighted by Gasteiger charge is 2.51. The fourth-order valence-electron chi connectivity index (χ4n) is 3.40. The topological polar surface area (TPSA) is 110 Å². The number of esters is 1. The zero-order valence-electron chi connectivity index (χ0n) is 15.0. The van der Waals surface area contributed by atoms with Crippen LogP contribution in [-0.4, -0.2) is 21.1 Å². The molecule has 0 bridgehead atoms. The molecule has 4 rings (SSSR count). The quantitative estimate of drug-likeness (QED) is 0.389. The maximum absolute atomic E-state index is 12.0. The van der Waals surface area contributed by atoms with E-state index in [-0.39, 0.29) is 5.69 Å². The van der Waals surface area contributed by atoms with Crippen LogP contribution >= 0.6 is 0 Å². The Morgan fingerprint density at radius 3 is 1.79 bits per heavy atom. The number of rotatable bonds is 4.